The number of furan rings is 1. The maximum atomic E-state index is 12.2. The van der Waals surface area contributed by atoms with Gasteiger partial charge in [0.2, 0.25) is 11.9 Å². The number of para-hydroxylation sites is 2. The highest BCUT2D eigenvalue weighted by Crippen LogP contribution is 2.25. The van der Waals surface area contributed by atoms with Crippen molar-refractivity contribution >= 4 is 40.5 Å². The number of amides is 1. The van der Waals surface area contributed by atoms with Gasteiger partial charge in [-0.3, -0.25) is 4.79 Å². The maximum absolute atomic E-state index is 12.2. The minimum absolute atomic E-state index is 0.110. The summed E-state index contributed by atoms with van der Waals surface area (Å²) < 4.78 is 7.09. The number of hydrogen-bond donors (Lipinski definition) is 3. The Morgan fingerprint density at radius 3 is 2.62 bits per heavy atom. The van der Waals surface area contributed by atoms with Crippen LogP contribution in [0.3, 0.4) is 0 Å². The lowest BCUT2D eigenvalue weighted by atomic mass is 10.1. The van der Waals surface area contributed by atoms with Gasteiger partial charge >= 0.3 is 0 Å². The Kier molecular flexibility index (Phi) is 5.45. The van der Waals surface area contributed by atoms with Crippen LogP contribution in [0.1, 0.15) is 11.1 Å². The van der Waals surface area contributed by atoms with Crippen molar-refractivity contribution in [1.82, 2.24) is 25.0 Å². The molecule has 0 saturated carbocycles. The predicted molar refractivity (Wildman–Crippen MR) is 129 cm³/mol. The number of nitrogen functional groups attached to an aromatic ring is 2. The summed E-state index contributed by atoms with van der Waals surface area (Å²) in [5, 5.41) is 11.2. The minimum Gasteiger partial charge on any atom is -0.463 e. The fourth-order valence-electron chi connectivity index (χ4n) is 3.43. The molecule has 0 aliphatic rings. The van der Waals surface area contributed by atoms with Crippen LogP contribution in [0.15, 0.2) is 77.4 Å². The van der Waals surface area contributed by atoms with Gasteiger partial charge in [-0.2, -0.15) is 4.98 Å². The molecular formula is C24H20N8O2. The molecular weight excluding hydrogens is 432 g/mol. The monoisotopic (exact) mass is 452 g/mol. The average molecular weight is 452 g/mol. The van der Waals surface area contributed by atoms with E-state index in [1.165, 1.54) is 6.08 Å². The van der Waals surface area contributed by atoms with E-state index in [9.17, 15) is 4.79 Å². The summed E-state index contributed by atoms with van der Waals surface area (Å²) in [5.41, 5.74) is 16.2. The molecule has 0 radical (unpaired) electrons. The normalized spacial score (nSPS) is 11.3. The molecule has 0 spiro atoms. The molecule has 3 heterocycles. The number of nitrogens with one attached hydrogen (secondary N) is 1. The second-order valence-electron chi connectivity index (χ2n) is 7.48. The van der Waals surface area contributed by atoms with Crippen LogP contribution in [0, 0.1) is 0 Å². The molecule has 5 N–H and O–H groups in total. The van der Waals surface area contributed by atoms with Gasteiger partial charge in [0, 0.05) is 6.08 Å². The molecule has 168 valence electrons. The summed E-state index contributed by atoms with van der Waals surface area (Å²) >= 11 is 0. The van der Waals surface area contributed by atoms with E-state index in [4.69, 9.17) is 15.9 Å². The van der Waals surface area contributed by atoms with Crippen molar-refractivity contribution in [2.75, 3.05) is 16.8 Å². The number of anilines is 3. The Morgan fingerprint density at radius 1 is 1.03 bits per heavy atom. The molecule has 1 amide bonds. The number of carbonyl (C=O) groups is 1. The van der Waals surface area contributed by atoms with E-state index < -0.39 is 0 Å². The second-order valence-corrected chi connectivity index (χ2v) is 7.48. The first-order chi connectivity index (χ1) is 16.6. The van der Waals surface area contributed by atoms with E-state index in [-0.39, 0.29) is 11.9 Å². The Labute approximate surface area is 193 Å². The van der Waals surface area contributed by atoms with Crippen LogP contribution in [-0.4, -0.2) is 30.9 Å². The zero-order valence-corrected chi connectivity index (χ0v) is 17.9. The third-order valence-electron chi connectivity index (χ3n) is 5.09. The third-order valence-corrected chi connectivity index (χ3v) is 5.09. The van der Waals surface area contributed by atoms with Crippen LogP contribution in [0.5, 0.6) is 0 Å². The number of hydrogen-bond acceptors (Lipinski definition) is 8. The smallest absolute Gasteiger partial charge is 0.248 e. The van der Waals surface area contributed by atoms with Crippen molar-refractivity contribution in [3.63, 3.8) is 0 Å². The molecule has 5 rings (SSSR count). The molecule has 10 heteroatoms. The zero-order chi connectivity index (χ0) is 23.5. The predicted octanol–water partition coefficient (Wildman–Crippen LogP) is 3.35. The molecule has 0 bridgehead atoms. The summed E-state index contributed by atoms with van der Waals surface area (Å²) in [7, 11) is 0. The van der Waals surface area contributed by atoms with Crippen molar-refractivity contribution in [2.24, 2.45) is 0 Å². The zero-order valence-electron chi connectivity index (χ0n) is 17.9. The Bertz CT molecular complexity index is 1490. The first-order valence-corrected chi connectivity index (χ1v) is 10.4. The van der Waals surface area contributed by atoms with E-state index in [0.29, 0.717) is 40.5 Å². The highest BCUT2D eigenvalue weighted by atomic mass is 16.3. The summed E-state index contributed by atoms with van der Waals surface area (Å²) in [4.78, 5) is 20.7. The summed E-state index contributed by atoms with van der Waals surface area (Å²) in [6.07, 6.45) is 4.75. The molecule has 0 fully saturated rings. The lowest BCUT2D eigenvalue weighted by Crippen LogP contribution is -2.09. The molecule has 0 aliphatic heterocycles. The lowest BCUT2D eigenvalue weighted by Gasteiger charge is -2.05. The van der Waals surface area contributed by atoms with Crippen molar-refractivity contribution < 1.29 is 9.21 Å². The number of aromatic nitrogens is 5. The quantitative estimate of drug-likeness (QED) is 0.262. The molecule has 2 aromatic carbocycles. The van der Waals surface area contributed by atoms with Crippen LogP contribution in [0.25, 0.3) is 28.7 Å². The SMILES string of the molecule is Nc1nc(-c2ccco2)c2nnn(Cc3ccc(/C=C/C(=O)Nc4ccccc4N)cc3)c2n1. The first-order valence-electron chi connectivity index (χ1n) is 10.4. The van der Waals surface area contributed by atoms with Gasteiger partial charge in [-0.1, -0.05) is 41.6 Å². The molecule has 5 aromatic rings. The maximum Gasteiger partial charge on any atom is 0.248 e. The van der Waals surface area contributed by atoms with Gasteiger partial charge in [0.25, 0.3) is 0 Å². The topological polar surface area (TPSA) is 151 Å². The van der Waals surface area contributed by atoms with Crippen molar-refractivity contribution in [1.29, 1.82) is 0 Å². The van der Waals surface area contributed by atoms with Gasteiger partial charge in [-0.05, 0) is 41.5 Å². The molecule has 3 aromatic heterocycles. The highest BCUT2D eigenvalue weighted by molar-refractivity contribution is 6.03. The summed E-state index contributed by atoms with van der Waals surface area (Å²) in [5.74, 6) is 0.389. The number of carbonyl (C=O) groups excluding carboxylic acids is 1. The molecule has 10 nitrogen and oxygen atoms in total. The minimum atomic E-state index is -0.263. The fraction of sp³-hybridized carbons (Fsp3) is 0.0417. The van der Waals surface area contributed by atoms with E-state index >= 15 is 0 Å². The van der Waals surface area contributed by atoms with Gasteiger partial charge in [0.05, 0.1) is 24.2 Å². The number of nitrogens with two attached hydrogens (primary N) is 2. The number of benzene rings is 2. The van der Waals surface area contributed by atoms with Crippen molar-refractivity contribution in [2.45, 2.75) is 6.54 Å². The Hall–Kier alpha value is -4.99. The van der Waals surface area contributed by atoms with Gasteiger partial charge in [0.1, 0.15) is 5.69 Å². The van der Waals surface area contributed by atoms with E-state index in [1.54, 1.807) is 41.3 Å². The first kappa shape index (κ1) is 20.9. The van der Waals surface area contributed by atoms with Crippen LogP contribution in [0.4, 0.5) is 17.3 Å². The van der Waals surface area contributed by atoms with Crippen LogP contribution in [0.2, 0.25) is 0 Å². The van der Waals surface area contributed by atoms with Crippen molar-refractivity contribution in [3.05, 3.63) is 84.1 Å². The average Bonchev–Trinajstić information content (AvgIpc) is 3.51. The van der Waals surface area contributed by atoms with Crippen LogP contribution >= 0.6 is 0 Å². The summed E-state index contributed by atoms with van der Waals surface area (Å²) in [6, 6.07) is 18.3. The summed E-state index contributed by atoms with van der Waals surface area (Å²) in [6.45, 7) is 0.433. The molecule has 0 aliphatic carbocycles. The van der Waals surface area contributed by atoms with Crippen LogP contribution in [-0.2, 0) is 11.3 Å². The lowest BCUT2D eigenvalue weighted by molar-refractivity contribution is -0.111. The molecule has 0 saturated heterocycles. The van der Waals surface area contributed by atoms with E-state index in [2.05, 4.69) is 25.6 Å². The number of rotatable bonds is 6. The standard InChI is InChI=1S/C24H20N8O2/c25-17-4-1-2-5-18(17)27-20(33)12-11-15-7-9-16(10-8-15)14-32-23-22(30-31-32)21(28-24(26)29-23)19-6-3-13-34-19/h1-13H,14,25H2,(H,27,33)(H2,26,28,29)/b12-11+. The van der Waals surface area contributed by atoms with E-state index in [0.717, 1.165) is 11.1 Å². The van der Waals surface area contributed by atoms with Gasteiger partial charge in [-0.15, -0.1) is 5.10 Å². The molecule has 0 unspecified atom stereocenters. The van der Waals surface area contributed by atoms with E-state index in [1.807, 2.05) is 36.4 Å². The number of nitrogens with zero attached hydrogens (tertiary/aromatic N) is 5. The largest absolute Gasteiger partial charge is 0.463 e. The van der Waals surface area contributed by atoms with Crippen LogP contribution < -0.4 is 16.8 Å². The highest BCUT2D eigenvalue weighted by Gasteiger charge is 2.17. The van der Waals surface area contributed by atoms with Gasteiger partial charge in [-0.25, -0.2) is 9.67 Å². The fourth-order valence-corrected chi connectivity index (χ4v) is 3.43. The number of fused-ring (bicyclic) bond motifs is 1. The van der Waals surface area contributed by atoms with Gasteiger partial charge < -0.3 is 21.2 Å². The Balaban J connectivity index is 1.30. The van der Waals surface area contributed by atoms with Crippen molar-refractivity contribution in [3.8, 4) is 11.5 Å². The Morgan fingerprint density at radius 2 is 1.85 bits per heavy atom. The molecule has 0 atom stereocenters. The molecule has 34 heavy (non-hydrogen) atoms. The second kappa shape index (κ2) is 8.87. The van der Waals surface area contributed by atoms with Gasteiger partial charge in [0.15, 0.2) is 16.9 Å². The third kappa shape index (κ3) is 4.32.